The van der Waals surface area contributed by atoms with Crippen molar-refractivity contribution in [2.75, 3.05) is 6.54 Å². The number of fused-ring (bicyclic) bond motifs is 4. The maximum Gasteiger partial charge on any atom is 0.263 e. The number of nitrogens with zero attached hydrogens (tertiary/aromatic N) is 1. The lowest BCUT2D eigenvalue weighted by Crippen LogP contribution is -2.48. The van der Waals surface area contributed by atoms with Crippen LogP contribution in [0.15, 0.2) is 54.6 Å². The first kappa shape index (κ1) is 51.2. The summed E-state index contributed by atoms with van der Waals surface area (Å²) in [6, 6.07) is 21.0. The number of carbonyl (C=O) groups is 2. The fraction of sp³-hybridized carbons (Fsp3) is 0.483. The molecule has 366 valence electrons. The monoisotopic (exact) mass is 1070 g/mol. The van der Waals surface area contributed by atoms with Crippen molar-refractivity contribution in [3.05, 3.63) is 81.0 Å². The molecule has 0 aliphatic carbocycles. The van der Waals surface area contributed by atoms with Crippen LogP contribution in [0.3, 0.4) is 0 Å². The van der Waals surface area contributed by atoms with Crippen LogP contribution >= 0.6 is 79.4 Å². The van der Waals surface area contributed by atoms with Gasteiger partial charge in [0.1, 0.15) is 8.07 Å². The van der Waals surface area contributed by atoms with Gasteiger partial charge < -0.3 is 0 Å². The Bertz CT molecular complexity index is 2870. The van der Waals surface area contributed by atoms with Gasteiger partial charge in [-0.25, -0.2) is 0 Å². The van der Waals surface area contributed by atoms with Crippen LogP contribution in [0, 0.1) is 19.8 Å². The number of hydrogen-bond acceptors (Lipinski definition) is 9. The molecule has 11 heteroatoms. The summed E-state index contributed by atoms with van der Waals surface area (Å²) in [6.07, 6.45) is 24.2. The topological polar surface area (TPSA) is 37.4 Å². The molecule has 9 rings (SSSR count). The van der Waals surface area contributed by atoms with E-state index in [1.54, 1.807) is 38.3 Å². The van der Waals surface area contributed by atoms with E-state index in [-0.39, 0.29) is 11.8 Å². The second kappa shape index (κ2) is 23.0. The zero-order valence-electron chi connectivity index (χ0n) is 42.0. The van der Waals surface area contributed by atoms with Gasteiger partial charge in [0.05, 0.1) is 20.9 Å². The van der Waals surface area contributed by atoms with Gasteiger partial charge in [0.2, 0.25) is 0 Å². The van der Waals surface area contributed by atoms with Crippen LogP contribution in [0.25, 0.3) is 58.5 Å². The first-order chi connectivity index (χ1) is 33.5. The fourth-order valence-corrected chi connectivity index (χ4v) is 23.7. The van der Waals surface area contributed by atoms with E-state index in [2.05, 4.69) is 102 Å². The van der Waals surface area contributed by atoms with Gasteiger partial charge in [-0.15, -0.1) is 79.4 Å². The smallest absolute Gasteiger partial charge is 0.263 e. The minimum atomic E-state index is -1.86. The van der Waals surface area contributed by atoms with Crippen LogP contribution in [0.4, 0.5) is 0 Å². The zero-order valence-corrected chi connectivity index (χ0v) is 48.8. The Morgan fingerprint density at radius 1 is 0.449 bits per heavy atom. The Balaban J connectivity index is 0.957. The molecule has 7 aromatic heterocycles. The predicted molar refractivity (Wildman–Crippen MR) is 313 cm³/mol. The van der Waals surface area contributed by atoms with Gasteiger partial charge in [-0.1, -0.05) is 143 Å². The summed E-state index contributed by atoms with van der Waals surface area (Å²) in [6.45, 7) is 16.8. The Hall–Kier alpha value is -2.74. The highest BCUT2D eigenvalue weighted by Gasteiger charge is 2.45. The van der Waals surface area contributed by atoms with Crippen LogP contribution in [0.1, 0.15) is 172 Å². The van der Waals surface area contributed by atoms with E-state index in [4.69, 9.17) is 0 Å². The Morgan fingerprint density at radius 3 is 1.48 bits per heavy atom. The van der Waals surface area contributed by atoms with Gasteiger partial charge in [-0.3, -0.25) is 14.5 Å². The molecule has 0 spiro atoms. The van der Waals surface area contributed by atoms with Crippen LogP contribution in [0.5, 0.6) is 0 Å². The van der Waals surface area contributed by atoms with Gasteiger partial charge in [0, 0.05) is 65.1 Å². The predicted octanol–water partition coefficient (Wildman–Crippen LogP) is 19.7. The molecule has 0 fully saturated rings. The molecule has 7 aromatic rings. The molecule has 1 unspecified atom stereocenters. The number of aryl methyl sites for hydroxylation is 2. The first-order valence-corrected chi connectivity index (χ1v) is 34.9. The lowest BCUT2D eigenvalue weighted by atomic mass is 9.88. The van der Waals surface area contributed by atoms with E-state index < -0.39 is 8.07 Å². The summed E-state index contributed by atoms with van der Waals surface area (Å²) >= 11 is 13.0. The minimum absolute atomic E-state index is 0.103. The number of rotatable bonds is 26. The lowest BCUT2D eigenvalue weighted by Gasteiger charge is -2.17. The third-order valence-electron chi connectivity index (χ3n) is 14.5. The van der Waals surface area contributed by atoms with Crippen molar-refractivity contribution in [1.29, 1.82) is 0 Å². The molecule has 1 atom stereocenters. The second-order valence-electron chi connectivity index (χ2n) is 20.3. The van der Waals surface area contributed by atoms with Crippen molar-refractivity contribution < 1.29 is 9.59 Å². The summed E-state index contributed by atoms with van der Waals surface area (Å²) in [5, 5.41) is 3.02. The van der Waals surface area contributed by atoms with E-state index in [0.29, 0.717) is 17.7 Å². The molecule has 0 N–H and O–H groups in total. The lowest BCUT2D eigenvalue weighted by molar-refractivity contribution is 0.0652. The summed E-state index contributed by atoms with van der Waals surface area (Å²) in [4.78, 5) is 48.3. The maximum absolute atomic E-state index is 14.5. The van der Waals surface area contributed by atoms with Gasteiger partial charge in [-0.05, 0) is 103 Å². The minimum Gasteiger partial charge on any atom is -0.274 e. The zero-order chi connectivity index (χ0) is 48.2. The molecule has 0 saturated heterocycles. The molecule has 3 nitrogen and oxygen atoms in total. The van der Waals surface area contributed by atoms with Gasteiger partial charge in [0.25, 0.3) is 11.8 Å². The van der Waals surface area contributed by atoms with E-state index >= 15 is 0 Å². The molecule has 0 radical (unpaired) electrons. The third kappa shape index (κ3) is 11.0. The van der Waals surface area contributed by atoms with Crippen molar-refractivity contribution in [3.8, 4) is 58.5 Å². The number of thiophene rings is 7. The Morgan fingerprint density at radius 2 is 0.884 bits per heavy atom. The number of amides is 2. The quantitative estimate of drug-likeness (QED) is 0.0308. The molecule has 2 aliphatic rings. The summed E-state index contributed by atoms with van der Waals surface area (Å²) in [5.74, 6) is 0.557. The SMILES string of the molecule is CCCCCCCCC(CCCCCC)Cc1cc(C)sc1-c1ccc(-c2ccc(-c3ccc(-c4sc(-c5cc6c(s5)-c5sc(C)cc5[Si]6(C)C)c5c4C(=O)N(CCCCCCCC)C5=O)s3)s2)s1. The molecule has 2 aliphatic heterocycles. The Kier molecular flexibility index (Phi) is 17.0. The van der Waals surface area contributed by atoms with Gasteiger partial charge >= 0.3 is 0 Å². The number of unbranched alkanes of at least 4 members (excludes halogenated alkanes) is 13. The third-order valence-corrected chi connectivity index (χ3v) is 27.2. The molecular weight excluding hydrogens is 995 g/mol. The average molecular weight is 1070 g/mol. The number of hydrogen-bond donors (Lipinski definition) is 0. The summed E-state index contributed by atoms with van der Waals surface area (Å²) in [7, 11) is -1.86. The average Bonchev–Trinajstić information content (AvgIpc) is 4.19. The second-order valence-corrected chi connectivity index (χ2v) is 32.5. The fourth-order valence-electron chi connectivity index (χ4n) is 10.7. The van der Waals surface area contributed by atoms with Crippen molar-refractivity contribution in [2.45, 2.75) is 170 Å². The van der Waals surface area contributed by atoms with Crippen LogP contribution < -0.4 is 10.4 Å². The van der Waals surface area contributed by atoms with Crippen molar-refractivity contribution >= 4 is 110 Å². The van der Waals surface area contributed by atoms with Crippen molar-refractivity contribution in [3.63, 3.8) is 0 Å². The van der Waals surface area contributed by atoms with Crippen molar-refractivity contribution in [1.82, 2.24) is 4.90 Å². The van der Waals surface area contributed by atoms with E-state index in [9.17, 15) is 9.59 Å². The normalized spacial score (nSPS) is 14.4. The summed E-state index contributed by atoms with van der Waals surface area (Å²) < 4.78 is 0. The van der Waals surface area contributed by atoms with Crippen LogP contribution in [-0.4, -0.2) is 31.3 Å². The largest absolute Gasteiger partial charge is 0.274 e. The molecule has 0 bridgehead atoms. The highest BCUT2D eigenvalue weighted by Crippen LogP contribution is 2.53. The van der Waals surface area contributed by atoms with Gasteiger partial charge in [0.15, 0.2) is 0 Å². The molecular formula is C58H71NO2S7Si. The molecule has 2 amide bonds. The highest BCUT2D eigenvalue weighted by atomic mass is 32.1. The van der Waals surface area contributed by atoms with E-state index in [1.807, 2.05) is 56.7 Å². The van der Waals surface area contributed by atoms with Crippen LogP contribution in [0.2, 0.25) is 13.1 Å². The molecule has 9 heterocycles. The number of carbonyl (C=O) groups excluding carboxylic acids is 2. The van der Waals surface area contributed by atoms with Crippen LogP contribution in [-0.2, 0) is 6.42 Å². The molecule has 0 aromatic carbocycles. The van der Waals surface area contributed by atoms with Crippen molar-refractivity contribution in [2.24, 2.45) is 5.92 Å². The molecule has 69 heavy (non-hydrogen) atoms. The summed E-state index contributed by atoms with van der Waals surface area (Å²) in [5.41, 5.74) is 2.83. The standard InChI is InChI=1S/C58H71NO2S7Si/c1-8-11-14-17-19-22-25-39(24-21-16-13-10-3)35-40-33-37(4)62-52(40)45-30-28-43(65-45)41-26-27-42(64-41)44-29-31-46(66-44)53-50-51(58(61)59(57(50)60)32-23-20-18-15-12-9-2)54(68-53)47-36-49-56(67-47)55-48(69(49,6)7)34-38(5)63-55/h26-31,33-34,36,39H,8-25,32,35H2,1-7H3. The molecule has 0 saturated carbocycles. The van der Waals surface area contributed by atoms with E-state index in [1.165, 1.54) is 157 Å². The first-order valence-electron chi connectivity index (χ1n) is 26.2. The number of imide groups is 1. The Labute approximate surface area is 442 Å². The van der Waals surface area contributed by atoms with E-state index in [0.717, 1.165) is 44.7 Å². The maximum atomic E-state index is 14.5. The van der Waals surface area contributed by atoms with Gasteiger partial charge in [-0.2, -0.15) is 0 Å². The highest BCUT2D eigenvalue weighted by molar-refractivity contribution is 7.33.